The molecule has 24 heavy (non-hydrogen) atoms. The first kappa shape index (κ1) is 14.5. The van der Waals surface area contributed by atoms with Gasteiger partial charge in [0.25, 0.3) is 5.91 Å². The number of fused-ring (bicyclic) bond motifs is 2. The van der Waals surface area contributed by atoms with Crippen LogP contribution in [0.4, 0.5) is 5.69 Å². The number of carbonyl (C=O) groups is 1. The second kappa shape index (κ2) is 5.49. The third-order valence-corrected chi connectivity index (χ3v) is 4.18. The molecule has 0 unspecified atom stereocenters. The van der Waals surface area contributed by atoms with Gasteiger partial charge in [-0.25, -0.2) is 0 Å². The van der Waals surface area contributed by atoms with E-state index in [2.05, 4.69) is 34.3 Å². The van der Waals surface area contributed by atoms with Crippen molar-refractivity contribution in [3.05, 3.63) is 71.5 Å². The number of hydrogen-bond donors (Lipinski definition) is 2. The first-order valence-corrected chi connectivity index (χ1v) is 7.86. The van der Waals surface area contributed by atoms with Crippen LogP contribution in [-0.2, 0) is 0 Å². The van der Waals surface area contributed by atoms with E-state index in [1.54, 1.807) is 6.20 Å². The van der Waals surface area contributed by atoms with Crippen LogP contribution in [0, 0.1) is 13.8 Å². The molecule has 4 aromatic rings. The number of nitrogens with one attached hydrogen (secondary N) is 2. The second-order valence-electron chi connectivity index (χ2n) is 6.10. The van der Waals surface area contributed by atoms with Crippen LogP contribution in [-0.4, -0.2) is 15.9 Å². The van der Waals surface area contributed by atoms with Crippen LogP contribution in [0.2, 0.25) is 0 Å². The predicted molar refractivity (Wildman–Crippen MR) is 97.5 cm³/mol. The van der Waals surface area contributed by atoms with Crippen molar-refractivity contribution >= 4 is 33.4 Å². The summed E-state index contributed by atoms with van der Waals surface area (Å²) in [5, 5.41) is 4.98. The number of H-pyrrole nitrogens is 1. The SMILES string of the molecule is Cc1cc(C)c2cc(C(=O)Nc3cnc4ccccc4c3)[nH]c2c1. The molecule has 0 spiro atoms. The molecule has 0 aliphatic heterocycles. The third-order valence-electron chi connectivity index (χ3n) is 4.18. The van der Waals surface area contributed by atoms with Gasteiger partial charge in [0.05, 0.1) is 17.4 Å². The number of aromatic nitrogens is 2. The Morgan fingerprint density at radius 2 is 1.92 bits per heavy atom. The highest BCUT2D eigenvalue weighted by molar-refractivity contribution is 6.06. The molecule has 0 aliphatic rings. The largest absolute Gasteiger partial charge is 0.351 e. The van der Waals surface area contributed by atoms with Gasteiger partial charge in [0.1, 0.15) is 5.69 Å². The number of rotatable bonds is 2. The number of anilines is 1. The average molecular weight is 315 g/mol. The molecule has 0 saturated carbocycles. The molecule has 2 aromatic carbocycles. The van der Waals surface area contributed by atoms with E-state index in [1.165, 1.54) is 5.56 Å². The topological polar surface area (TPSA) is 57.8 Å². The summed E-state index contributed by atoms with van der Waals surface area (Å²) in [5.41, 5.74) is 5.46. The lowest BCUT2D eigenvalue weighted by atomic mass is 10.1. The van der Waals surface area contributed by atoms with Crippen molar-refractivity contribution in [3.8, 4) is 0 Å². The van der Waals surface area contributed by atoms with E-state index in [0.29, 0.717) is 11.4 Å². The van der Waals surface area contributed by atoms with E-state index in [4.69, 9.17) is 0 Å². The van der Waals surface area contributed by atoms with Crippen LogP contribution < -0.4 is 5.32 Å². The van der Waals surface area contributed by atoms with Crippen molar-refractivity contribution in [2.45, 2.75) is 13.8 Å². The zero-order valence-corrected chi connectivity index (χ0v) is 13.6. The number of benzene rings is 2. The van der Waals surface area contributed by atoms with Gasteiger partial charge in [0, 0.05) is 16.3 Å². The van der Waals surface area contributed by atoms with Crippen molar-refractivity contribution in [2.75, 3.05) is 5.32 Å². The highest BCUT2D eigenvalue weighted by Gasteiger charge is 2.12. The standard InChI is InChI=1S/C20H17N3O/c1-12-7-13(2)16-10-19(23-18(16)8-12)20(24)22-15-9-14-5-3-4-6-17(14)21-11-15/h3-11,23H,1-2H3,(H,22,24). The quantitative estimate of drug-likeness (QED) is 0.568. The summed E-state index contributed by atoms with van der Waals surface area (Å²) in [4.78, 5) is 20.1. The Morgan fingerprint density at radius 3 is 2.79 bits per heavy atom. The van der Waals surface area contributed by atoms with Crippen LogP contribution in [0.3, 0.4) is 0 Å². The number of amides is 1. The minimum Gasteiger partial charge on any atom is -0.351 e. The molecule has 2 aromatic heterocycles. The summed E-state index contributed by atoms with van der Waals surface area (Å²) in [6, 6.07) is 15.8. The minimum atomic E-state index is -0.166. The Morgan fingerprint density at radius 1 is 1.08 bits per heavy atom. The summed E-state index contributed by atoms with van der Waals surface area (Å²) in [6.07, 6.45) is 1.68. The highest BCUT2D eigenvalue weighted by Crippen LogP contribution is 2.22. The molecule has 1 amide bonds. The Labute approximate surface area is 139 Å². The van der Waals surface area contributed by atoms with Crippen molar-refractivity contribution in [2.24, 2.45) is 0 Å². The molecule has 118 valence electrons. The number of hydrogen-bond acceptors (Lipinski definition) is 2. The zero-order valence-electron chi connectivity index (χ0n) is 13.6. The molecule has 4 heteroatoms. The van der Waals surface area contributed by atoms with Gasteiger partial charge in [-0.1, -0.05) is 24.3 Å². The number of carbonyl (C=O) groups excluding carboxylic acids is 1. The van der Waals surface area contributed by atoms with Crippen molar-refractivity contribution < 1.29 is 4.79 Å². The summed E-state index contributed by atoms with van der Waals surface area (Å²) in [5.74, 6) is -0.166. The fourth-order valence-electron chi connectivity index (χ4n) is 3.06. The molecule has 0 saturated heterocycles. The Hall–Kier alpha value is -3.14. The van der Waals surface area contributed by atoms with E-state index in [1.807, 2.05) is 43.3 Å². The van der Waals surface area contributed by atoms with Gasteiger partial charge < -0.3 is 10.3 Å². The molecular formula is C20H17N3O. The zero-order chi connectivity index (χ0) is 16.7. The lowest BCUT2D eigenvalue weighted by molar-refractivity contribution is 0.102. The van der Waals surface area contributed by atoms with Gasteiger partial charge >= 0.3 is 0 Å². The van der Waals surface area contributed by atoms with Gasteiger partial charge in [-0.2, -0.15) is 0 Å². The second-order valence-corrected chi connectivity index (χ2v) is 6.10. The van der Waals surface area contributed by atoms with E-state index in [0.717, 1.165) is 27.4 Å². The van der Waals surface area contributed by atoms with E-state index in [-0.39, 0.29) is 5.91 Å². The van der Waals surface area contributed by atoms with Gasteiger partial charge in [-0.05, 0) is 49.2 Å². The fraction of sp³-hybridized carbons (Fsp3) is 0.100. The molecule has 4 rings (SSSR count). The Bertz CT molecular complexity index is 1080. The van der Waals surface area contributed by atoms with Crippen molar-refractivity contribution in [1.29, 1.82) is 0 Å². The molecule has 2 heterocycles. The Balaban J connectivity index is 1.66. The minimum absolute atomic E-state index is 0.166. The summed E-state index contributed by atoms with van der Waals surface area (Å²) in [7, 11) is 0. The average Bonchev–Trinajstić information content (AvgIpc) is 2.99. The maximum atomic E-state index is 12.5. The third kappa shape index (κ3) is 2.52. The Kier molecular flexibility index (Phi) is 3.31. The maximum absolute atomic E-state index is 12.5. The molecule has 0 radical (unpaired) electrons. The van der Waals surface area contributed by atoms with E-state index < -0.39 is 0 Å². The molecule has 0 aliphatic carbocycles. The number of para-hydroxylation sites is 1. The molecule has 0 fully saturated rings. The fourth-order valence-corrected chi connectivity index (χ4v) is 3.06. The molecule has 0 atom stereocenters. The predicted octanol–water partition coefficient (Wildman–Crippen LogP) is 4.59. The molecular weight excluding hydrogens is 298 g/mol. The van der Waals surface area contributed by atoms with Gasteiger partial charge in [0.15, 0.2) is 0 Å². The van der Waals surface area contributed by atoms with Gasteiger partial charge in [-0.15, -0.1) is 0 Å². The van der Waals surface area contributed by atoms with E-state index in [9.17, 15) is 4.79 Å². The van der Waals surface area contributed by atoms with Gasteiger partial charge in [0.2, 0.25) is 0 Å². The van der Waals surface area contributed by atoms with Gasteiger partial charge in [-0.3, -0.25) is 9.78 Å². The summed E-state index contributed by atoms with van der Waals surface area (Å²) in [6.45, 7) is 4.10. The van der Waals surface area contributed by atoms with Crippen LogP contribution >= 0.6 is 0 Å². The smallest absolute Gasteiger partial charge is 0.272 e. The summed E-state index contributed by atoms with van der Waals surface area (Å²) < 4.78 is 0. The summed E-state index contributed by atoms with van der Waals surface area (Å²) >= 11 is 0. The number of aromatic amines is 1. The first-order chi connectivity index (χ1) is 11.6. The number of pyridine rings is 1. The molecule has 4 nitrogen and oxygen atoms in total. The van der Waals surface area contributed by atoms with Crippen LogP contribution in [0.15, 0.2) is 54.7 Å². The van der Waals surface area contributed by atoms with Crippen LogP contribution in [0.1, 0.15) is 21.6 Å². The van der Waals surface area contributed by atoms with E-state index >= 15 is 0 Å². The molecule has 0 bridgehead atoms. The van der Waals surface area contributed by atoms with Crippen molar-refractivity contribution in [3.63, 3.8) is 0 Å². The lowest BCUT2D eigenvalue weighted by Gasteiger charge is -2.04. The van der Waals surface area contributed by atoms with Crippen LogP contribution in [0.25, 0.3) is 21.8 Å². The van der Waals surface area contributed by atoms with Crippen LogP contribution in [0.5, 0.6) is 0 Å². The first-order valence-electron chi connectivity index (χ1n) is 7.86. The monoisotopic (exact) mass is 315 g/mol. The normalized spacial score (nSPS) is 11.1. The number of aryl methyl sites for hydroxylation is 2. The highest BCUT2D eigenvalue weighted by atomic mass is 16.1. The number of nitrogens with zero attached hydrogens (tertiary/aromatic N) is 1. The lowest BCUT2D eigenvalue weighted by Crippen LogP contribution is -2.12. The molecule has 2 N–H and O–H groups in total. The van der Waals surface area contributed by atoms with Crippen molar-refractivity contribution in [1.82, 2.24) is 9.97 Å². The maximum Gasteiger partial charge on any atom is 0.272 e.